The SMILES string of the molecule is CNC(CO)c1cccc(O)c1. The highest BCUT2D eigenvalue weighted by molar-refractivity contribution is 5.29. The maximum absolute atomic E-state index is 9.14. The average molecular weight is 167 g/mol. The molecule has 12 heavy (non-hydrogen) atoms. The van der Waals surface area contributed by atoms with Gasteiger partial charge in [0.05, 0.1) is 12.6 Å². The molecule has 0 saturated carbocycles. The van der Waals surface area contributed by atoms with Gasteiger partial charge in [0.25, 0.3) is 0 Å². The van der Waals surface area contributed by atoms with E-state index in [1.807, 2.05) is 6.07 Å². The van der Waals surface area contributed by atoms with Gasteiger partial charge in [-0.15, -0.1) is 0 Å². The van der Waals surface area contributed by atoms with Crippen molar-refractivity contribution in [2.24, 2.45) is 0 Å². The summed E-state index contributed by atoms with van der Waals surface area (Å²) in [5, 5.41) is 21.0. The Morgan fingerprint density at radius 3 is 2.75 bits per heavy atom. The zero-order chi connectivity index (χ0) is 8.97. The molecule has 0 heterocycles. The Kier molecular flexibility index (Phi) is 3.08. The molecule has 0 amide bonds. The standard InChI is InChI=1S/C9H13NO2/c1-10-9(6-11)7-3-2-4-8(12)5-7/h2-5,9-12H,6H2,1H3. The van der Waals surface area contributed by atoms with Crippen LogP contribution in [-0.2, 0) is 0 Å². The van der Waals surface area contributed by atoms with Crippen LogP contribution in [-0.4, -0.2) is 23.9 Å². The van der Waals surface area contributed by atoms with Crippen molar-refractivity contribution in [2.45, 2.75) is 6.04 Å². The van der Waals surface area contributed by atoms with Gasteiger partial charge in [-0.25, -0.2) is 0 Å². The van der Waals surface area contributed by atoms with E-state index in [2.05, 4.69) is 5.32 Å². The lowest BCUT2D eigenvalue weighted by molar-refractivity contribution is 0.251. The zero-order valence-corrected chi connectivity index (χ0v) is 6.99. The summed E-state index contributed by atoms with van der Waals surface area (Å²) in [4.78, 5) is 0. The van der Waals surface area contributed by atoms with Crippen LogP contribution in [0.25, 0.3) is 0 Å². The summed E-state index contributed by atoms with van der Waals surface area (Å²) >= 11 is 0. The van der Waals surface area contributed by atoms with Crippen molar-refractivity contribution in [3.63, 3.8) is 0 Å². The first-order valence-electron chi connectivity index (χ1n) is 3.85. The second-order valence-corrected chi connectivity index (χ2v) is 2.62. The maximum Gasteiger partial charge on any atom is 0.115 e. The first-order chi connectivity index (χ1) is 5.77. The number of benzene rings is 1. The lowest BCUT2D eigenvalue weighted by atomic mass is 10.1. The maximum atomic E-state index is 9.14. The minimum absolute atomic E-state index is 0.0277. The highest BCUT2D eigenvalue weighted by atomic mass is 16.3. The number of hydrogen-bond acceptors (Lipinski definition) is 3. The number of phenolic OH excluding ortho intramolecular Hbond substituents is 1. The van der Waals surface area contributed by atoms with Gasteiger partial charge in [0.1, 0.15) is 5.75 Å². The monoisotopic (exact) mass is 167 g/mol. The highest BCUT2D eigenvalue weighted by Crippen LogP contribution is 2.17. The van der Waals surface area contributed by atoms with E-state index in [1.54, 1.807) is 25.2 Å². The van der Waals surface area contributed by atoms with Crippen molar-refractivity contribution in [2.75, 3.05) is 13.7 Å². The number of nitrogens with one attached hydrogen (secondary N) is 1. The van der Waals surface area contributed by atoms with Crippen LogP contribution in [0.2, 0.25) is 0 Å². The minimum Gasteiger partial charge on any atom is -0.508 e. The fourth-order valence-corrected chi connectivity index (χ4v) is 1.10. The summed E-state index contributed by atoms with van der Waals surface area (Å²) in [6.07, 6.45) is 0. The lowest BCUT2D eigenvalue weighted by Crippen LogP contribution is -2.19. The van der Waals surface area contributed by atoms with Gasteiger partial charge in [0.15, 0.2) is 0 Å². The molecule has 1 rings (SSSR count). The first-order valence-corrected chi connectivity index (χ1v) is 3.85. The quantitative estimate of drug-likeness (QED) is 0.619. The molecule has 0 spiro atoms. The Morgan fingerprint density at radius 2 is 2.25 bits per heavy atom. The predicted octanol–water partition coefficient (Wildman–Crippen LogP) is 0.645. The molecule has 3 N–H and O–H groups in total. The number of aromatic hydroxyl groups is 1. The van der Waals surface area contributed by atoms with Gasteiger partial charge in [-0.2, -0.15) is 0 Å². The smallest absolute Gasteiger partial charge is 0.115 e. The van der Waals surface area contributed by atoms with Gasteiger partial charge in [0.2, 0.25) is 0 Å². The molecule has 0 radical (unpaired) electrons. The summed E-state index contributed by atoms with van der Waals surface area (Å²) in [7, 11) is 1.77. The number of rotatable bonds is 3. The molecule has 0 bridgehead atoms. The van der Waals surface area contributed by atoms with Gasteiger partial charge in [-0.3, -0.25) is 0 Å². The van der Waals surface area contributed by atoms with Crippen LogP contribution in [0.4, 0.5) is 0 Å². The van der Waals surface area contributed by atoms with E-state index in [9.17, 15) is 0 Å². The molecular formula is C9H13NO2. The Hall–Kier alpha value is -1.06. The summed E-state index contributed by atoms with van der Waals surface area (Å²) in [5.41, 5.74) is 0.889. The molecule has 0 aliphatic carbocycles. The van der Waals surface area contributed by atoms with Gasteiger partial charge in [-0.1, -0.05) is 12.1 Å². The summed E-state index contributed by atoms with van der Waals surface area (Å²) in [5.74, 6) is 0.223. The molecule has 0 aliphatic heterocycles. The third-order valence-corrected chi connectivity index (χ3v) is 1.80. The largest absolute Gasteiger partial charge is 0.508 e. The summed E-state index contributed by atoms with van der Waals surface area (Å²) < 4.78 is 0. The number of aliphatic hydroxyl groups excluding tert-OH is 1. The van der Waals surface area contributed by atoms with Crippen molar-refractivity contribution >= 4 is 0 Å². The van der Waals surface area contributed by atoms with Crippen LogP contribution in [0.3, 0.4) is 0 Å². The molecule has 66 valence electrons. The molecule has 0 fully saturated rings. The number of hydrogen-bond donors (Lipinski definition) is 3. The molecule has 1 aromatic carbocycles. The van der Waals surface area contributed by atoms with E-state index in [0.717, 1.165) is 5.56 Å². The third-order valence-electron chi connectivity index (χ3n) is 1.80. The molecule has 3 nitrogen and oxygen atoms in total. The minimum atomic E-state index is -0.0999. The van der Waals surface area contributed by atoms with Crippen molar-refractivity contribution in [1.82, 2.24) is 5.32 Å². The summed E-state index contributed by atoms with van der Waals surface area (Å²) in [6, 6.07) is 6.75. The van der Waals surface area contributed by atoms with Gasteiger partial charge in [-0.05, 0) is 24.7 Å². The first kappa shape index (κ1) is 9.03. The topological polar surface area (TPSA) is 52.5 Å². The molecule has 1 atom stereocenters. The van der Waals surface area contributed by atoms with Crippen molar-refractivity contribution in [1.29, 1.82) is 0 Å². The third kappa shape index (κ3) is 1.96. The van der Waals surface area contributed by atoms with Gasteiger partial charge in [0, 0.05) is 0 Å². The molecule has 3 heteroatoms. The average Bonchev–Trinajstić information content (AvgIpc) is 2.07. The molecule has 0 aliphatic rings. The zero-order valence-electron chi connectivity index (χ0n) is 6.99. The lowest BCUT2D eigenvalue weighted by Gasteiger charge is -2.12. The normalized spacial score (nSPS) is 12.8. The molecule has 1 unspecified atom stereocenters. The second-order valence-electron chi connectivity index (χ2n) is 2.62. The second kappa shape index (κ2) is 4.09. The van der Waals surface area contributed by atoms with Gasteiger partial charge < -0.3 is 15.5 Å². The van der Waals surface area contributed by atoms with Crippen LogP contribution in [0.5, 0.6) is 5.75 Å². The van der Waals surface area contributed by atoms with E-state index in [-0.39, 0.29) is 18.4 Å². The van der Waals surface area contributed by atoms with E-state index >= 15 is 0 Å². The van der Waals surface area contributed by atoms with Crippen LogP contribution in [0.15, 0.2) is 24.3 Å². The number of phenols is 1. The van der Waals surface area contributed by atoms with Crippen LogP contribution in [0.1, 0.15) is 11.6 Å². The van der Waals surface area contributed by atoms with Crippen LogP contribution >= 0.6 is 0 Å². The van der Waals surface area contributed by atoms with E-state index < -0.39 is 0 Å². The van der Waals surface area contributed by atoms with Crippen molar-refractivity contribution in [3.05, 3.63) is 29.8 Å². The van der Waals surface area contributed by atoms with Gasteiger partial charge >= 0.3 is 0 Å². The Balaban J connectivity index is 2.85. The molecule has 0 saturated heterocycles. The fraction of sp³-hybridized carbons (Fsp3) is 0.333. The predicted molar refractivity (Wildman–Crippen MR) is 47.0 cm³/mol. The van der Waals surface area contributed by atoms with E-state index in [1.165, 1.54) is 0 Å². The number of aliphatic hydroxyl groups is 1. The Morgan fingerprint density at radius 1 is 1.50 bits per heavy atom. The Bertz CT molecular complexity index is 246. The number of likely N-dealkylation sites (N-methyl/N-ethyl adjacent to an activating group) is 1. The van der Waals surface area contributed by atoms with Crippen molar-refractivity contribution < 1.29 is 10.2 Å². The summed E-state index contributed by atoms with van der Waals surface area (Å²) in [6.45, 7) is 0.0277. The van der Waals surface area contributed by atoms with Crippen molar-refractivity contribution in [3.8, 4) is 5.75 Å². The van der Waals surface area contributed by atoms with E-state index in [4.69, 9.17) is 10.2 Å². The molecule has 0 aromatic heterocycles. The fourth-order valence-electron chi connectivity index (χ4n) is 1.10. The van der Waals surface area contributed by atoms with E-state index in [0.29, 0.717) is 0 Å². The highest BCUT2D eigenvalue weighted by Gasteiger charge is 2.06. The van der Waals surface area contributed by atoms with Crippen LogP contribution in [0, 0.1) is 0 Å². The Labute approximate surface area is 71.7 Å². The molecular weight excluding hydrogens is 154 g/mol. The molecule has 1 aromatic rings. The van der Waals surface area contributed by atoms with Crippen LogP contribution < -0.4 is 5.32 Å².